The zero-order chi connectivity index (χ0) is 19.0. The highest BCUT2D eigenvalue weighted by atomic mass is 16.4. The molecule has 27 heavy (non-hydrogen) atoms. The van der Waals surface area contributed by atoms with Gasteiger partial charge in [-0.25, -0.2) is 9.78 Å². The van der Waals surface area contributed by atoms with Crippen LogP contribution in [-0.2, 0) is 0 Å². The third-order valence-electron chi connectivity index (χ3n) is 4.62. The summed E-state index contributed by atoms with van der Waals surface area (Å²) >= 11 is 0. The van der Waals surface area contributed by atoms with Crippen LogP contribution < -0.4 is 0 Å². The maximum Gasteiger partial charge on any atom is 0.335 e. The summed E-state index contributed by atoms with van der Waals surface area (Å²) in [6.45, 7) is 1.79. The zero-order valence-corrected chi connectivity index (χ0v) is 14.5. The van der Waals surface area contributed by atoms with E-state index in [0.717, 1.165) is 33.3 Å². The third kappa shape index (κ3) is 2.94. The number of hydrogen-bond donors (Lipinski definition) is 2. The fourth-order valence-electron chi connectivity index (χ4n) is 3.24. The van der Waals surface area contributed by atoms with E-state index in [4.69, 9.17) is 5.26 Å². The fourth-order valence-corrected chi connectivity index (χ4v) is 3.24. The Bertz CT molecular complexity index is 1230. The number of aryl methyl sites for hydroxylation is 1. The first-order valence-electron chi connectivity index (χ1n) is 8.39. The summed E-state index contributed by atoms with van der Waals surface area (Å²) in [5.41, 5.74) is 6.08. The molecule has 2 aromatic carbocycles. The second-order valence-electron chi connectivity index (χ2n) is 6.35. The molecule has 0 fully saturated rings. The summed E-state index contributed by atoms with van der Waals surface area (Å²) in [6.07, 6.45) is 3.65. The Hall–Kier alpha value is -3.91. The standard InChI is InChI=1S/C22H15N3O2/c1-13-7-16(5-6-18(13)22(26)27)20-12-25-21-19(20)9-17(11-24-21)15-4-2-3-14(8-15)10-23/h2-9,11-12H,1H3,(H,24,25)(H,26,27). The maximum atomic E-state index is 11.2. The summed E-state index contributed by atoms with van der Waals surface area (Å²) in [4.78, 5) is 18.9. The highest BCUT2D eigenvalue weighted by Gasteiger charge is 2.12. The van der Waals surface area contributed by atoms with Gasteiger partial charge in [0.2, 0.25) is 0 Å². The van der Waals surface area contributed by atoms with E-state index in [0.29, 0.717) is 16.7 Å². The maximum absolute atomic E-state index is 11.2. The first-order valence-corrected chi connectivity index (χ1v) is 8.39. The number of aromatic carboxylic acids is 1. The number of aromatic nitrogens is 2. The Morgan fingerprint density at radius 2 is 1.96 bits per heavy atom. The van der Waals surface area contributed by atoms with Gasteiger partial charge >= 0.3 is 5.97 Å². The number of carboxylic acid groups (broad SMARTS) is 1. The normalized spacial score (nSPS) is 10.7. The van der Waals surface area contributed by atoms with Crippen molar-refractivity contribution in [2.45, 2.75) is 6.92 Å². The molecule has 0 unspecified atom stereocenters. The highest BCUT2D eigenvalue weighted by molar-refractivity contribution is 5.97. The monoisotopic (exact) mass is 353 g/mol. The molecule has 130 valence electrons. The van der Waals surface area contributed by atoms with Gasteiger partial charge in [-0.15, -0.1) is 0 Å². The third-order valence-corrected chi connectivity index (χ3v) is 4.62. The summed E-state index contributed by atoms with van der Waals surface area (Å²) in [6, 6.07) is 16.9. The molecule has 0 aliphatic carbocycles. The topological polar surface area (TPSA) is 89.8 Å². The van der Waals surface area contributed by atoms with E-state index in [1.165, 1.54) is 0 Å². The summed E-state index contributed by atoms with van der Waals surface area (Å²) in [5, 5.41) is 19.3. The second kappa shape index (κ2) is 6.43. The van der Waals surface area contributed by atoms with E-state index in [9.17, 15) is 9.90 Å². The highest BCUT2D eigenvalue weighted by Crippen LogP contribution is 2.32. The van der Waals surface area contributed by atoms with Gasteiger partial charge in [0.25, 0.3) is 0 Å². The Labute approximate surface area is 155 Å². The molecule has 0 amide bonds. The predicted octanol–water partition coefficient (Wildman–Crippen LogP) is 4.78. The number of hydrogen-bond acceptors (Lipinski definition) is 3. The van der Waals surface area contributed by atoms with Gasteiger partial charge in [0.05, 0.1) is 17.2 Å². The molecule has 0 atom stereocenters. The Balaban J connectivity index is 1.84. The van der Waals surface area contributed by atoms with Crippen LogP contribution in [0, 0.1) is 18.3 Å². The van der Waals surface area contributed by atoms with Crippen LogP contribution in [0.2, 0.25) is 0 Å². The molecule has 2 N–H and O–H groups in total. The van der Waals surface area contributed by atoms with E-state index in [1.54, 1.807) is 25.3 Å². The zero-order valence-electron chi connectivity index (χ0n) is 14.5. The molecule has 5 nitrogen and oxygen atoms in total. The van der Waals surface area contributed by atoms with Crippen molar-refractivity contribution in [1.29, 1.82) is 5.26 Å². The first kappa shape index (κ1) is 16.6. The van der Waals surface area contributed by atoms with Gasteiger partial charge in [0, 0.05) is 28.9 Å². The minimum atomic E-state index is -0.931. The number of nitrogens with zero attached hydrogens (tertiary/aromatic N) is 2. The fraction of sp³-hybridized carbons (Fsp3) is 0.0455. The van der Waals surface area contributed by atoms with Crippen molar-refractivity contribution in [3.63, 3.8) is 0 Å². The van der Waals surface area contributed by atoms with Crippen LogP contribution in [0.1, 0.15) is 21.5 Å². The van der Waals surface area contributed by atoms with Gasteiger partial charge < -0.3 is 10.1 Å². The lowest BCUT2D eigenvalue weighted by Crippen LogP contribution is -1.99. The predicted molar refractivity (Wildman–Crippen MR) is 103 cm³/mol. The molecule has 4 rings (SSSR count). The molecule has 0 bridgehead atoms. The van der Waals surface area contributed by atoms with Crippen LogP contribution in [0.4, 0.5) is 0 Å². The van der Waals surface area contributed by atoms with Crippen molar-refractivity contribution < 1.29 is 9.90 Å². The average Bonchev–Trinajstić information content (AvgIpc) is 3.11. The van der Waals surface area contributed by atoms with Crippen molar-refractivity contribution >= 4 is 17.0 Å². The molecule has 0 aliphatic heterocycles. The van der Waals surface area contributed by atoms with E-state index < -0.39 is 5.97 Å². The number of nitrogens with one attached hydrogen (secondary N) is 1. The number of fused-ring (bicyclic) bond motifs is 1. The van der Waals surface area contributed by atoms with Gasteiger partial charge in [0.15, 0.2) is 0 Å². The number of pyridine rings is 1. The van der Waals surface area contributed by atoms with Gasteiger partial charge in [-0.1, -0.05) is 24.3 Å². The number of carbonyl (C=O) groups is 1. The first-order chi connectivity index (χ1) is 13.1. The number of benzene rings is 2. The molecule has 5 heteroatoms. The van der Waals surface area contributed by atoms with Gasteiger partial charge in [0.1, 0.15) is 5.65 Å². The number of H-pyrrole nitrogens is 1. The molecular weight excluding hydrogens is 338 g/mol. The Morgan fingerprint density at radius 1 is 1.11 bits per heavy atom. The van der Waals surface area contributed by atoms with Crippen molar-refractivity contribution in [2.75, 3.05) is 0 Å². The van der Waals surface area contributed by atoms with Crippen molar-refractivity contribution in [3.8, 4) is 28.3 Å². The van der Waals surface area contributed by atoms with Crippen LogP contribution in [0.3, 0.4) is 0 Å². The number of carboxylic acids is 1. The van der Waals surface area contributed by atoms with Crippen LogP contribution in [-0.4, -0.2) is 21.0 Å². The number of aromatic amines is 1. The smallest absolute Gasteiger partial charge is 0.335 e. The van der Waals surface area contributed by atoms with E-state index in [2.05, 4.69) is 16.0 Å². The molecule has 4 aromatic rings. The molecular formula is C22H15N3O2. The van der Waals surface area contributed by atoms with Crippen LogP contribution >= 0.6 is 0 Å². The number of nitriles is 1. The lowest BCUT2D eigenvalue weighted by atomic mass is 9.98. The molecule has 0 saturated heterocycles. The summed E-state index contributed by atoms with van der Waals surface area (Å²) < 4.78 is 0. The van der Waals surface area contributed by atoms with Crippen molar-refractivity contribution in [2.24, 2.45) is 0 Å². The molecule has 0 aliphatic rings. The van der Waals surface area contributed by atoms with E-state index >= 15 is 0 Å². The second-order valence-corrected chi connectivity index (χ2v) is 6.35. The number of rotatable bonds is 3. The van der Waals surface area contributed by atoms with Crippen molar-refractivity contribution in [1.82, 2.24) is 9.97 Å². The quantitative estimate of drug-likeness (QED) is 0.555. The van der Waals surface area contributed by atoms with E-state index in [1.807, 2.05) is 42.6 Å². The van der Waals surface area contributed by atoms with Crippen LogP contribution in [0.25, 0.3) is 33.3 Å². The molecule has 0 spiro atoms. The molecule has 2 heterocycles. The van der Waals surface area contributed by atoms with Crippen molar-refractivity contribution in [3.05, 3.63) is 77.6 Å². The van der Waals surface area contributed by atoms with Gasteiger partial charge in [-0.05, 0) is 47.9 Å². The van der Waals surface area contributed by atoms with Gasteiger partial charge in [-0.2, -0.15) is 5.26 Å². The SMILES string of the molecule is Cc1cc(-c2c[nH]c3ncc(-c4cccc(C#N)c4)cc23)ccc1C(=O)O. The van der Waals surface area contributed by atoms with Crippen LogP contribution in [0.15, 0.2) is 60.9 Å². The Kier molecular flexibility index (Phi) is 3.94. The minimum absolute atomic E-state index is 0.297. The molecule has 2 aromatic heterocycles. The minimum Gasteiger partial charge on any atom is -0.478 e. The van der Waals surface area contributed by atoms with Crippen LogP contribution in [0.5, 0.6) is 0 Å². The average molecular weight is 353 g/mol. The molecule has 0 radical (unpaired) electrons. The lowest BCUT2D eigenvalue weighted by molar-refractivity contribution is 0.0696. The van der Waals surface area contributed by atoms with E-state index in [-0.39, 0.29) is 0 Å². The van der Waals surface area contributed by atoms with Gasteiger partial charge in [-0.3, -0.25) is 0 Å². The molecule has 0 saturated carbocycles. The summed E-state index contributed by atoms with van der Waals surface area (Å²) in [5.74, 6) is -0.931. The summed E-state index contributed by atoms with van der Waals surface area (Å²) in [7, 11) is 0. The Morgan fingerprint density at radius 3 is 2.70 bits per heavy atom. The lowest BCUT2D eigenvalue weighted by Gasteiger charge is -2.06. The largest absolute Gasteiger partial charge is 0.478 e.